The number of aromatic nitrogens is 1. The number of pyridine rings is 1. The molecule has 5 nitrogen and oxygen atoms in total. The second kappa shape index (κ2) is 7.29. The predicted octanol–water partition coefficient (Wildman–Crippen LogP) is 2.25. The number of nitrogens with one attached hydrogen (secondary N) is 1. The van der Waals surface area contributed by atoms with Crippen LogP contribution in [0.4, 0.5) is 0 Å². The zero-order chi connectivity index (χ0) is 15.4. The van der Waals surface area contributed by atoms with E-state index in [2.05, 4.69) is 15.2 Å². The third-order valence-electron chi connectivity index (χ3n) is 4.41. The van der Waals surface area contributed by atoms with Crippen molar-refractivity contribution in [2.45, 2.75) is 44.2 Å². The highest BCUT2D eigenvalue weighted by Gasteiger charge is 2.31. The maximum atomic E-state index is 12.1. The SMILES string of the molecule is O=C1NCCCCC1N1CCC(Oc2cncc(Cl)c2)CC1. The van der Waals surface area contributed by atoms with E-state index in [-0.39, 0.29) is 18.1 Å². The van der Waals surface area contributed by atoms with Crippen molar-refractivity contribution in [3.8, 4) is 5.75 Å². The van der Waals surface area contributed by atoms with Crippen molar-refractivity contribution in [2.24, 2.45) is 0 Å². The molecule has 0 spiro atoms. The molecular weight excluding hydrogens is 302 g/mol. The molecule has 0 saturated carbocycles. The Morgan fingerprint density at radius 3 is 2.82 bits per heavy atom. The Morgan fingerprint density at radius 2 is 2.05 bits per heavy atom. The number of rotatable bonds is 3. The minimum atomic E-state index is 0.0382. The maximum absolute atomic E-state index is 12.1. The molecule has 22 heavy (non-hydrogen) atoms. The van der Waals surface area contributed by atoms with Gasteiger partial charge in [0, 0.05) is 31.9 Å². The van der Waals surface area contributed by atoms with Gasteiger partial charge in [0.15, 0.2) is 0 Å². The summed E-state index contributed by atoms with van der Waals surface area (Å²) in [6.07, 6.45) is 8.49. The Kier molecular flexibility index (Phi) is 5.16. The highest BCUT2D eigenvalue weighted by Crippen LogP contribution is 2.23. The van der Waals surface area contributed by atoms with Gasteiger partial charge in [0.2, 0.25) is 5.91 Å². The van der Waals surface area contributed by atoms with Crippen molar-refractivity contribution >= 4 is 17.5 Å². The minimum Gasteiger partial charge on any atom is -0.489 e. The monoisotopic (exact) mass is 323 g/mol. The molecule has 2 aliphatic heterocycles. The number of halogens is 1. The molecule has 2 saturated heterocycles. The molecule has 1 amide bonds. The summed E-state index contributed by atoms with van der Waals surface area (Å²) in [5.41, 5.74) is 0. The second-order valence-electron chi connectivity index (χ2n) is 5.99. The zero-order valence-corrected chi connectivity index (χ0v) is 13.4. The summed E-state index contributed by atoms with van der Waals surface area (Å²) in [7, 11) is 0. The maximum Gasteiger partial charge on any atom is 0.237 e. The van der Waals surface area contributed by atoms with E-state index < -0.39 is 0 Å². The predicted molar refractivity (Wildman–Crippen MR) is 85.1 cm³/mol. The first kappa shape index (κ1) is 15.6. The number of nitrogens with zero attached hydrogens (tertiary/aromatic N) is 2. The van der Waals surface area contributed by atoms with Crippen molar-refractivity contribution in [3.05, 3.63) is 23.5 Å². The third kappa shape index (κ3) is 3.90. The highest BCUT2D eigenvalue weighted by atomic mass is 35.5. The van der Waals surface area contributed by atoms with Crippen LogP contribution in [0.5, 0.6) is 5.75 Å². The highest BCUT2D eigenvalue weighted by molar-refractivity contribution is 6.30. The fraction of sp³-hybridized carbons (Fsp3) is 0.625. The summed E-state index contributed by atoms with van der Waals surface area (Å²) in [4.78, 5) is 18.5. The van der Waals surface area contributed by atoms with Crippen LogP contribution < -0.4 is 10.1 Å². The molecule has 120 valence electrons. The zero-order valence-electron chi connectivity index (χ0n) is 12.6. The lowest BCUT2D eigenvalue weighted by Crippen LogP contribution is -2.50. The number of amides is 1. The van der Waals surface area contributed by atoms with Gasteiger partial charge in [0.25, 0.3) is 0 Å². The van der Waals surface area contributed by atoms with Gasteiger partial charge in [-0.2, -0.15) is 0 Å². The molecule has 0 radical (unpaired) electrons. The second-order valence-corrected chi connectivity index (χ2v) is 6.43. The average molecular weight is 324 g/mol. The van der Waals surface area contributed by atoms with Gasteiger partial charge in [-0.25, -0.2) is 0 Å². The van der Waals surface area contributed by atoms with Crippen molar-refractivity contribution in [3.63, 3.8) is 0 Å². The Balaban J connectivity index is 1.52. The standard InChI is InChI=1S/C16H22ClN3O2/c17-12-9-14(11-18-10-12)22-13-4-7-20(8-5-13)15-3-1-2-6-19-16(15)21/h9-11,13,15H,1-8H2,(H,19,21). The van der Waals surface area contributed by atoms with Crippen LogP contribution in [-0.2, 0) is 4.79 Å². The summed E-state index contributed by atoms with van der Waals surface area (Å²) in [5.74, 6) is 0.911. The molecule has 2 fully saturated rings. The number of piperidine rings is 1. The summed E-state index contributed by atoms with van der Waals surface area (Å²) in [5, 5.41) is 3.60. The Hall–Kier alpha value is -1.33. The van der Waals surface area contributed by atoms with Gasteiger partial charge < -0.3 is 10.1 Å². The molecule has 3 heterocycles. The van der Waals surface area contributed by atoms with Crippen LogP contribution in [0.25, 0.3) is 0 Å². The Labute approximate surface area is 136 Å². The first-order valence-corrected chi connectivity index (χ1v) is 8.39. The molecule has 1 aromatic heterocycles. The molecule has 1 atom stereocenters. The summed E-state index contributed by atoms with van der Waals surface area (Å²) < 4.78 is 5.95. The molecule has 0 bridgehead atoms. The van der Waals surface area contributed by atoms with Crippen molar-refractivity contribution in [1.82, 2.24) is 15.2 Å². The largest absolute Gasteiger partial charge is 0.489 e. The molecule has 0 aliphatic carbocycles. The van der Waals surface area contributed by atoms with E-state index >= 15 is 0 Å². The first-order valence-electron chi connectivity index (χ1n) is 8.01. The van der Waals surface area contributed by atoms with Gasteiger partial charge in [-0.05, 0) is 32.1 Å². The van der Waals surface area contributed by atoms with Gasteiger partial charge in [-0.1, -0.05) is 11.6 Å². The number of ether oxygens (including phenoxy) is 1. The van der Waals surface area contributed by atoms with Gasteiger partial charge >= 0.3 is 0 Å². The summed E-state index contributed by atoms with van der Waals surface area (Å²) >= 11 is 5.92. The van der Waals surface area contributed by atoms with Crippen LogP contribution in [0.15, 0.2) is 18.5 Å². The summed E-state index contributed by atoms with van der Waals surface area (Å²) in [6, 6.07) is 1.83. The molecular formula is C16H22ClN3O2. The van der Waals surface area contributed by atoms with E-state index in [9.17, 15) is 4.79 Å². The van der Waals surface area contributed by atoms with Crippen LogP contribution in [0.2, 0.25) is 5.02 Å². The molecule has 6 heteroatoms. The number of hydrogen-bond donors (Lipinski definition) is 1. The van der Waals surface area contributed by atoms with Crippen LogP contribution in [-0.4, -0.2) is 47.6 Å². The molecule has 0 aromatic carbocycles. The number of likely N-dealkylation sites (tertiary alicyclic amines) is 1. The van der Waals surface area contributed by atoms with Crippen LogP contribution in [0.1, 0.15) is 32.1 Å². The van der Waals surface area contributed by atoms with E-state index in [4.69, 9.17) is 16.3 Å². The van der Waals surface area contributed by atoms with E-state index in [0.717, 1.165) is 57.5 Å². The normalized spacial score (nSPS) is 24.6. The minimum absolute atomic E-state index is 0.0382. The van der Waals surface area contributed by atoms with Gasteiger partial charge in [0.05, 0.1) is 17.3 Å². The topological polar surface area (TPSA) is 54.5 Å². The fourth-order valence-corrected chi connectivity index (χ4v) is 3.39. The molecule has 3 rings (SSSR count). The molecule has 1 N–H and O–H groups in total. The van der Waals surface area contributed by atoms with Crippen molar-refractivity contribution in [1.29, 1.82) is 0 Å². The number of hydrogen-bond acceptors (Lipinski definition) is 4. The van der Waals surface area contributed by atoms with Crippen LogP contribution >= 0.6 is 11.6 Å². The van der Waals surface area contributed by atoms with E-state index in [0.29, 0.717) is 5.02 Å². The van der Waals surface area contributed by atoms with Gasteiger partial charge in [0.1, 0.15) is 11.9 Å². The number of carbonyl (C=O) groups excluding carboxylic acids is 1. The van der Waals surface area contributed by atoms with Gasteiger partial charge in [-0.15, -0.1) is 0 Å². The first-order chi connectivity index (χ1) is 10.7. The lowest BCUT2D eigenvalue weighted by Gasteiger charge is -2.36. The molecule has 1 unspecified atom stereocenters. The van der Waals surface area contributed by atoms with E-state index in [1.807, 2.05) is 0 Å². The smallest absolute Gasteiger partial charge is 0.237 e. The van der Waals surface area contributed by atoms with Crippen LogP contribution in [0, 0.1) is 0 Å². The fourth-order valence-electron chi connectivity index (χ4n) is 3.23. The van der Waals surface area contributed by atoms with E-state index in [1.54, 1.807) is 18.5 Å². The Morgan fingerprint density at radius 1 is 1.23 bits per heavy atom. The molecule has 1 aromatic rings. The number of carbonyl (C=O) groups is 1. The van der Waals surface area contributed by atoms with Crippen LogP contribution in [0.3, 0.4) is 0 Å². The van der Waals surface area contributed by atoms with Gasteiger partial charge in [-0.3, -0.25) is 14.7 Å². The van der Waals surface area contributed by atoms with Crippen molar-refractivity contribution < 1.29 is 9.53 Å². The lowest BCUT2D eigenvalue weighted by atomic mass is 10.0. The third-order valence-corrected chi connectivity index (χ3v) is 4.61. The van der Waals surface area contributed by atoms with Crippen molar-refractivity contribution in [2.75, 3.05) is 19.6 Å². The lowest BCUT2D eigenvalue weighted by molar-refractivity contribution is -0.127. The Bertz CT molecular complexity index is 518. The van der Waals surface area contributed by atoms with E-state index in [1.165, 1.54) is 0 Å². The summed E-state index contributed by atoms with van der Waals surface area (Å²) in [6.45, 7) is 2.62. The quantitative estimate of drug-likeness (QED) is 0.927. The average Bonchev–Trinajstić information content (AvgIpc) is 2.73. The molecule has 2 aliphatic rings.